The molecule has 0 spiro atoms. The number of ether oxygens (including phenoxy) is 1. The van der Waals surface area contributed by atoms with Crippen molar-refractivity contribution in [3.05, 3.63) is 22.3 Å². The fourth-order valence-corrected chi connectivity index (χ4v) is 2.65. The van der Waals surface area contributed by atoms with Gasteiger partial charge in [0.1, 0.15) is 21.8 Å². The summed E-state index contributed by atoms with van der Waals surface area (Å²) in [5.41, 5.74) is 0.309. The zero-order valence-electron chi connectivity index (χ0n) is 13.2. The Balaban J connectivity index is 2.28. The Morgan fingerprint density at radius 1 is 1.29 bits per heavy atom. The van der Waals surface area contributed by atoms with Crippen LogP contribution in [0.15, 0.2) is 16.1 Å². The van der Waals surface area contributed by atoms with Crippen LogP contribution in [-0.2, 0) is 14.9 Å². The largest absolute Gasteiger partial charge is 0.459 e. The predicted octanol–water partition coefficient (Wildman–Crippen LogP) is 3.73. The van der Waals surface area contributed by atoms with Gasteiger partial charge in [0.05, 0.1) is 17.5 Å². The first-order valence-electron chi connectivity index (χ1n) is 6.72. The van der Waals surface area contributed by atoms with Crippen molar-refractivity contribution in [3.63, 3.8) is 0 Å². The van der Waals surface area contributed by atoms with Crippen LogP contribution >= 0.6 is 11.3 Å². The number of aromatic nitrogens is 2. The van der Waals surface area contributed by atoms with Crippen molar-refractivity contribution in [1.82, 2.24) is 10.1 Å². The molecule has 2 aromatic rings. The molecular weight excluding hydrogens is 288 g/mol. The minimum Gasteiger partial charge on any atom is -0.459 e. The molecular formula is C15H20N2O3S. The van der Waals surface area contributed by atoms with Crippen LogP contribution in [-0.4, -0.2) is 21.7 Å². The number of rotatable bonds is 3. The van der Waals surface area contributed by atoms with Crippen LogP contribution in [0.1, 0.15) is 45.4 Å². The van der Waals surface area contributed by atoms with Crippen LogP contribution in [0.2, 0.25) is 0 Å². The lowest BCUT2D eigenvalue weighted by molar-refractivity contribution is -0.160. The highest BCUT2D eigenvalue weighted by Crippen LogP contribution is 2.33. The first kappa shape index (κ1) is 15.7. The van der Waals surface area contributed by atoms with Gasteiger partial charge < -0.3 is 9.26 Å². The molecule has 0 saturated carbocycles. The van der Waals surface area contributed by atoms with Crippen molar-refractivity contribution >= 4 is 17.3 Å². The lowest BCUT2D eigenvalue weighted by atomic mass is 9.94. The third-order valence-electron chi connectivity index (χ3n) is 2.97. The summed E-state index contributed by atoms with van der Waals surface area (Å²) in [6.45, 7) is 11.0. The summed E-state index contributed by atoms with van der Waals surface area (Å²) in [7, 11) is 0. The molecule has 2 aromatic heterocycles. The molecule has 0 radical (unpaired) electrons. The smallest absolute Gasteiger partial charge is 0.318 e. The van der Waals surface area contributed by atoms with E-state index in [1.807, 2.05) is 46.9 Å². The highest BCUT2D eigenvalue weighted by molar-refractivity contribution is 7.10. The summed E-state index contributed by atoms with van der Waals surface area (Å²) in [4.78, 5) is 16.9. The van der Waals surface area contributed by atoms with Gasteiger partial charge in [-0.25, -0.2) is 4.98 Å². The molecule has 0 aliphatic carbocycles. The minimum atomic E-state index is -0.790. The van der Waals surface area contributed by atoms with E-state index in [1.54, 1.807) is 6.20 Å². The zero-order chi connectivity index (χ0) is 15.8. The van der Waals surface area contributed by atoms with Crippen molar-refractivity contribution in [2.45, 2.75) is 52.6 Å². The van der Waals surface area contributed by atoms with Crippen LogP contribution in [0.3, 0.4) is 0 Å². The van der Waals surface area contributed by atoms with E-state index in [0.29, 0.717) is 10.8 Å². The maximum atomic E-state index is 12.4. The Labute approximate surface area is 128 Å². The minimum absolute atomic E-state index is 0.280. The standard InChI is InChI=1S/C15H20N2O3S/c1-9-10(7-16-20-9)11-8-21-12(17-11)15(5,6)13(18)19-14(2,3)4/h7-8H,1-6H3. The van der Waals surface area contributed by atoms with Gasteiger partial charge in [-0.05, 0) is 41.5 Å². The van der Waals surface area contributed by atoms with Crippen molar-refractivity contribution in [3.8, 4) is 11.3 Å². The van der Waals surface area contributed by atoms with Gasteiger partial charge in [-0.3, -0.25) is 4.79 Å². The van der Waals surface area contributed by atoms with Gasteiger partial charge in [0.2, 0.25) is 0 Å². The number of thiazole rings is 1. The molecule has 0 amide bonds. The number of carbonyl (C=O) groups is 1. The molecule has 2 rings (SSSR count). The normalized spacial score (nSPS) is 12.5. The van der Waals surface area contributed by atoms with E-state index < -0.39 is 11.0 Å². The number of hydrogen-bond acceptors (Lipinski definition) is 6. The van der Waals surface area contributed by atoms with Gasteiger partial charge in [-0.15, -0.1) is 11.3 Å². The van der Waals surface area contributed by atoms with Crippen molar-refractivity contribution in [1.29, 1.82) is 0 Å². The molecule has 114 valence electrons. The van der Waals surface area contributed by atoms with Crippen LogP contribution in [0.25, 0.3) is 11.3 Å². The van der Waals surface area contributed by atoms with Crippen LogP contribution in [0.5, 0.6) is 0 Å². The number of carbonyl (C=O) groups excluding carboxylic acids is 1. The maximum Gasteiger partial charge on any atom is 0.318 e. The molecule has 0 saturated heterocycles. The molecule has 0 bridgehead atoms. The van der Waals surface area contributed by atoms with Crippen molar-refractivity contribution in [2.75, 3.05) is 0 Å². The lowest BCUT2D eigenvalue weighted by Crippen LogP contribution is -2.36. The van der Waals surface area contributed by atoms with E-state index in [2.05, 4.69) is 10.1 Å². The Morgan fingerprint density at radius 3 is 2.48 bits per heavy atom. The molecule has 0 aromatic carbocycles. The summed E-state index contributed by atoms with van der Waals surface area (Å²) < 4.78 is 10.5. The Kier molecular flexibility index (Phi) is 3.93. The Hall–Kier alpha value is -1.69. The second-order valence-electron chi connectivity index (χ2n) is 6.46. The fourth-order valence-electron chi connectivity index (χ4n) is 1.72. The van der Waals surface area contributed by atoms with Crippen LogP contribution in [0, 0.1) is 6.92 Å². The average molecular weight is 308 g/mol. The molecule has 5 nitrogen and oxygen atoms in total. The summed E-state index contributed by atoms with van der Waals surface area (Å²) in [6, 6.07) is 0. The van der Waals surface area contributed by atoms with Gasteiger partial charge in [0.15, 0.2) is 0 Å². The van der Waals surface area contributed by atoms with Gasteiger partial charge in [0.25, 0.3) is 0 Å². The number of aryl methyl sites for hydroxylation is 1. The fraction of sp³-hybridized carbons (Fsp3) is 0.533. The molecule has 0 atom stereocenters. The lowest BCUT2D eigenvalue weighted by Gasteiger charge is -2.27. The highest BCUT2D eigenvalue weighted by atomic mass is 32.1. The highest BCUT2D eigenvalue weighted by Gasteiger charge is 2.37. The molecule has 2 heterocycles. The third kappa shape index (κ3) is 3.32. The van der Waals surface area contributed by atoms with Crippen LogP contribution in [0.4, 0.5) is 0 Å². The molecule has 0 aliphatic heterocycles. The topological polar surface area (TPSA) is 65.2 Å². The monoisotopic (exact) mass is 308 g/mol. The van der Waals surface area contributed by atoms with E-state index in [9.17, 15) is 4.79 Å². The second kappa shape index (κ2) is 5.26. The molecule has 6 heteroatoms. The van der Waals surface area contributed by atoms with E-state index in [0.717, 1.165) is 11.3 Å². The Morgan fingerprint density at radius 2 is 1.95 bits per heavy atom. The predicted molar refractivity (Wildman–Crippen MR) is 81.2 cm³/mol. The third-order valence-corrected chi connectivity index (χ3v) is 4.14. The maximum absolute atomic E-state index is 12.4. The summed E-state index contributed by atoms with van der Waals surface area (Å²) in [6.07, 6.45) is 1.63. The number of hydrogen-bond donors (Lipinski definition) is 0. The van der Waals surface area contributed by atoms with E-state index in [-0.39, 0.29) is 5.97 Å². The van der Waals surface area contributed by atoms with Crippen LogP contribution < -0.4 is 0 Å². The van der Waals surface area contributed by atoms with Gasteiger partial charge in [-0.1, -0.05) is 5.16 Å². The Bertz CT molecular complexity index is 650. The van der Waals surface area contributed by atoms with Gasteiger partial charge in [-0.2, -0.15) is 0 Å². The summed E-state index contributed by atoms with van der Waals surface area (Å²) >= 11 is 1.44. The summed E-state index contributed by atoms with van der Waals surface area (Å²) in [5, 5.41) is 6.37. The van der Waals surface area contributed by atoms with E-state index >= 15 is 0 Å². The molecule has 21 heavy (non-hydrogen) atoms. The summed E-state index contributed by atoms with van der Waals surface area (Å²) in [5.74, 6) is 0.430. The van der Waals surface area contributed by atoms with Crippen molar-refractivity contribution in [2.24, 2.45) is 0 Å². The first-order valence-corrected chi connectivity index (χ1v) is 7.60. The number of esters is 1. The quantitative estimate of drug-likeness (QED) is 0.808. The zero-order valence-corrected chi connectivity index (χ0v) is 14.0. The SMILES string of the molecule is Cc1oncc1-c1csc(C(C)(C)C(=O)OC(C)(C)C)n1. The van der Waals surface area contributed by atoms with Crippen molar-refractivity contribution < 1.29 is 14.1 Å². The average Bonchev–Trinajstić information content (AvgIpc) is 2.94. The van der Waals surface area contributed by atoms with E-state index in [1.165, 1.54) is 11.3 Å². The molecule has 0 aliphatic rings. The molecule has 0 N–H and O–H groups in total. The van der Waals surface area contributed by atoms with E-state index in [4.69, 9.17) is 9.26 Å². The van der Waals surface area contributed by atoms with Gasteiger partial charge >= 0.3 is 5.97 Å². The molecule has 0 fully saturated rings. The second-order valence-corrected chi connectivity index (χ2v) is 7.32. The molecule has 0 unspecified atom stereocenters. The van der Waals surface area contributed by atoms with Gasteiger partial charge in [0, 0.05) is 5.38 Å². The first-order chi connectivity index (χ1) is 9.61. The number of nitrogens with zero attached hydrogens (tertiary/aromatic N) is 2.